The first kappa shape index (κ1) is 24.4. The minimum Gasteiger partial charge on any atom is -0.456 e. The molecule has 0 aliphatic rings. The number of hydrogen-bond donors (Lipinski definition) is 4. The highest BCUT2D eigenvalue weighted by atomic mass is 127. The number of aldehydes is 1. The summed E-state index contributed by atoms with van der Waals surface area (Å²) in [5.74, 6) is -1.87. The van der Waals surface area contributed by atoms with Gasteiger partial charge in [-0.05, 0) is 67.8 Å². The van der Waals surface area contributed by atoms with Crippen LogP contribution in [0.5, 0.6) is 0 Å². The lowest BCUT2D eigenvalue weighted by atomic mass is 10.1. The molecule has 0 heterocycles. The van der Waals surface area contributed by atoms with Crippen LogP contribution in [0.4, 0.5) is 5.69 Å². The van der Waals surface area contributed by atoms with Gasteiger partial charge in [0.2, 0.25) is 0 Å². The van der Waals surface area contributed by atoms with Crippen molar-refractivity contribution in [1.82, 2.24) is 5.32 Å². The first-order chi connectivity index (χ1) is 12.7. The molecule has 1 aromatic carbocycles. The number of ether oxygens (including phenoxy) is 1. The molecule has 0 bridgehead atoms. The monoisotopic (exact) mass is 716 g/mol. The Morgan fingerprint density at radius 2 is 1.70 bits per heavy atom. The summed E-state index contributed by atoms with van der Waals surface area (Å²) >= 11 is 5.57. The van der Waals surface area contributed by atoms with Gasteiger partial charge in [-0.25, -0.2) is 0 Å². The number of amides is 2. The summed E-state index contributed by atoms with van der Waals surface area (Å²) in [6.07, 6.45) is 0.563. The zero-order chi connectivity index (χ0) is 20.7. The number of carbonyl (C=O) groups excluding carboxylic acids is 4. The number of nitrogens with one attached hydrogen (secondary N) is 2. The maximum absolute atomic E-state index is 12.6. The third-order valence-corrected chi connectivity index (χ3v) is 6.46. The number of halogens is 3. The molecule has 0 aliphatic heterocycles. The highest BCUT2D eigenvalue weighted by molar-refractivity contribution is 14.1. The third kappa shape index (κ3) is 6.47. The largest absolute Gasteiger partial charge is 0.456 e. The van der Waals surface area contributed by atoms with Crippen molar-refractivity contribution < 1.29 is 34.1 Å². The van der Waals surface area contributed by atoms with E-state index >= 15 is 0 Å². The quantitative estimate of drug-likeness (QED) is 0.178. The predicted molar refractivity (Wildman–Crippen MR) is 121 cm³/mol. The van der Waals surface area contributed by atoms with Gasteiger partial charge in [0.15, 0.2) is 12.9 Å². The number of hydrogen-bond acceptors (Lipinski definition) is 7. The van der Waals surface area contributed by atoms with Crippen LogP contribution in [0, 0.1) is 10.7 Å². The maximum atomic E-state index is 12.6. The molecular weight excluding hydrogens is 701 g/mol. The van der Waals surface area contributed by atoms with E-state index in [0.29, 0.717) is 17.0 Å². The van der Waals surface area contributed by atoms with Crippen LogP contribution < -0.4 is 10.6 Å². The molecule has 148 valence electrons. The Hall–Kier alpha value is -0.590. The van der Waals surface area contributed by atoms with Crippen molar-refractivity contribution in [2.75, 3.05) is 25.1 Å². The van der Waals surface area contributed by atoms with E-state index in [1.165, 1.54) is 0 Å². The zero-order valence-corrected chi connectivity index (χ0v) is 20.3. The van der Waals surface area contributed by atoms with Gasteiger partial charge in [-0.15, -0.1) is 0 Å². The fraction of sp³-hybridized carbons (Fsp3) is 0.333. The summed E-state index contributed by atoms with van der Waals surface area (Å²) in [5, 5.41) is 23.3. The fourth-order valence-corrected chi connectivity index (χ4v) is 6.03. The molecule has 1 rings (SSSR count). The molecule has 0 aliphatic carbocycles. The van der Waals surface area contributed by atoms with E-state index in [1.54, 1.807) is 0 Å². The maximum Gasteiger partial charge on any atom is 0.303 e. The van der Waals surface area contributed by atoms with E-state index in [-0.39, 0.29) is 16.8 Å². The number of aliphatic hydroxyl groups excluding tert-OH is 2. The van der Waals surface area contributed by atoms with Crippen LogP contribution in [0.1, 0.15) is 27.6 Å². The van der Waals surface area contributed by atoms with Crippen molar-refractivity contribution in [3.63, 3.8) is 0 Å². The SMILES string of the molecule is CC(=O)OCC(=O)Nc1c(I)c(C=O)c(I)c(C(=O)NC(CO)CO)c1I. The second-order valence-electron chi connectivity index (χ2n) is 5.09. The highest BCUT2D eigenvalue weighted by Gasteiger charge is 2.26. The molecule has 0 atom stereocenters. The van der Waals surface area contributed by atoms with Gasteiger partial charge in [-0.3, -0.25) is 19.2 Å². The Bertz CT molecular complexity index is 767. The lowest BCUT2D eigenvalue weighted by Crippen LogP contribution is -2.41. The van der Waals surface area contributed by atoms with E-state index in [2.05, 4.69) is 15.4 Å². The fourth-order valence-electron chi connectivity index (χ4n) is 1.85. The van der Waals surface area contributed by atoms with Gasteiger partial charge < -0.3 is 25.6 Å². The normalized spacial score (nSPS) is 10.5. The Labute approximate surface area is 195 Å². The van der Waals surface area contributed by atoms with Gasteiger partial charge in [0.1, 0.15) is 0 Å². The number of aliphatic hydroxyl groups is 2. The molecule has 0 aromatic heterocycles. The van der Waals surface area contributed by atoms with E-state index in [4.69, 9.17) is 10.2 Å². The first-order valence-electron chi connectivity index (χ1n) is 7.29. The summed E-state index contributed by atoms with van der Waals surface area (Å²) < 4.78 is 5.77. The van der Waals surface area contributed by atoms with Gasteiger partial charge in [-0.1, -0.05) is 0 Å². The average molecular weight is 716 g/mol. The lowest BCUT2D eigenvalue weighted by Gasteiger charge is -2.19. The topological polar surface area (TPSA) is 142 Å². The molecule has 0 fully saturated rings. The Kier molecular flexibility index (Phi) is 10.3. The van der Waals surface area contributed by atoms with Crippen LogP contribution in [0.15, 0.2) is 0 Å². The minimum atomic E-state index is -0.870. The van der Waals surface area contributed by atoms with Gasteiger partial charge in [-0.2, -0.15) is 0 Å². The molecule has 0 spiro atoms. The van der Waals surface area contributed by atoms with Crippen molar-refractivity contribution in [3.8, 4) is 0 Å². The lowest BCUT2D eigenvalue weighted by molar-refractivity contribution is -0.144. The first-order valence-corrected chi connectivity index (χ1v) is 10.5. The van der Waals surface area contributed by atoms with E-state index < -0.39 is 43.6 Å². The molecule has 0 saturated heterocycles. The van der Waals surface area contributed by atoms with Crippen molar-refractivity contribution in [2.45, 2.75) is 13.0 Å². The van der Waals surface area contributed by atoms with Crippen LogP contribution >= 0.6 is 67.8 Å². The second kappa shape index (κ2) is 11.4. The van der Waals surface area contributed by atoms with Gasteiger partial charge in [0.25, 0.3) is 11.8 Å². The molecule has 12 heteroatoms. The molecule has 0 unspecified atom stereocenters. The standard InChI is InChI=1S/C15H15I3N2O7/c1-6(24)27-5-9(25)20-14-12(17)8(4-23)11(16)10(13(14)18)15(26)19-7(2-21)3-22/h4,7,21-22H,2-3,5H2,1H3,(H,19,26)(H,20,25). The zero-order valence-electron chi connectivity index (χ0n) is 13.8. The van der Waals surface area contributed by atoms with Gasteiger partial charge in [0.05, 0.1) is 34.1 Å². The Morgan fingerprint density at radius 3 is 2.19 bits per heavy atom. The van der Waals surface area contributed by atoms with Crippen LogP contribution in [-0.4, -0.2) is 60.1 Å². The summed E-state index contributed by atoms with van der Waals surface area (Å²) in [6, 6.07) is -0.870. The number of rotatable bonds is 8. The smallest absolute Gasteiger partial charge is 0.303 e. The summed E-state index contributed by atoms with van der Waals surface area (Å²) in [7, 11) is 0. The second-order valence-corrected chi connectivity index (χ2v) is 8.32. The number of esters is 1. The van der Waals surface area contributed by atoms with E-state index in [1.807, 2.05) is 67.8 Å². The van der Waals surface area contributed by atoms with Gasteiger partial charge >= 0.3 is 5.97 Å². The molecule has 1 aromatic rings. The summed E-state index contributed by atoms with van der Waals surface area (Å²) in [4.78, 5) is 47.0. The molecule has 0 radical (unpaired) electrons. The highest BCUT2D eigenvalue weighted by Crippen LogP contribution is 2.35. The number of anilines is 1. The minimum absolute atomic E-state index is 0.119. The van der Waals surface area contributed by atoms with E-state index in [9.17, 15) is 19.2 Å². The van der Waals surface area contributed by atoms with Crippen LogP contribution in [0.25, 0.3) is 0 Å². The third-order valence-electron chi connectivity index (χ3n) is 3.14. The number of carbonyl (C=O) groups is 4. The average Bonchev–Trinajstić information content (AvgIpc) is 2.61. The van der Waals surface area contributed by atoms with Crippen molar-refractivity contribution in [1.29, 1.82) is 0 Å². The molecule has 0 saturated carbocycles. The van der Waals surface area contributed by atoms with Crippen LogP contribution in [0.2, 0.25) is 0 Å². The molecule has 27 heavy (non-hydrogen) atoms. The Balaban J connectivity index is 3.36. The molecular formula is C15H15I3N2O7. The summed E-state index contributed by atoms with van der Waals surface area (Å²) in [6.45, 7) is -0.279. The summed E-state index contributed by atoms with van der Waals surface area (Å²) in [5.41, 5.74) is 0.549. The predicted octanol–water partition coefficient (Wildman–Crippen LogP) is 0.897. The van der Waals surface area contributed by atoms with Crippen LogP contribution in [0.3, 0.4) is 0 Å². The van der Waals surface area contributed by atoms with Crippen LogP contribution in [-0.2, 0) is 14.3 Å². The van der Waals surface area contributed by atoms with Gasteiger partial charge in [0, 0.05) is 19.6 Å². The van der Waals surface area contributed by atoms with E-state index in [0.717, 1.165) is 6.92 Å². The molecule has 4 N–H and O–H groups in total. The number of benzene rings is 1. The molecule has 9 nitrogen and oxygen atoms in total. The van der Waals surface area contributed by atoms with Crippen molar-refractivity contribution in [3.05, 3.63) is 21.8 Å². The Morgan fingerprint density at radius 1 is 1.11 bits per heavy atom. The molecule has 2 amide bonds. The van der Waals surface area contributed by atoms with Crippen molar-refractivity contribution in [2.24, 2.45) is 0 Å². The van der Waals surface area contributed by atoms with Crippen molar-refractivity contribution >= 4 is 97.5 Å².